The Hall–Kier alpha value is -0.830. The van der Waals surface area contributed by atoms with Crippen LogP contribution in [0.1, 0.15) is 11.4 Å². The standard InChI is InChI=1S/C11H12IN2.F6P/c1-7-11(8(2)14-13-7)9-3-5-10(12)6-4-9;1-7(2,3,4,5)6/h3-6,12H,1-2H3,(H,13,14);/q+1;-1. The van der Waals surface area contributed by atoms with E-state index in [9.17, 15) is 25.2 Å². The first-order valence-corrected chi connectivity index (χ1v) is 8.68. The Bertz CT molecular complexity index is 602. The van der Waals surface area contributed by atoms with Crippen LogP contribution in [0.5, 0.6) is 0 Å². The molecule has 10 heteroatoms. The molecule has 2 nitrogen and oxygen atoms in total. The summed E-state index contributed by atoms with van der Waals surface area (Å²) in [6.45, 7) is 4.08. The number of nitrogens with one attached hydrogen (secondary N) is 1. The van der Waals surface area contributed by atoms with Crippen LogP contribution in [0.15, 0.2) is 24.3 Å². The Morgan fingerprint density at radius 3 is 1.71 bits per heavy atom. The molecule has 1 aromatic heterocycles. The molecule has 0 aliphatic carbocycles. The van der Waals surface area contributed by atoms with E-state index in [0.29, 0.717) is 0 Å². The molecule has 0 aliphatic heterocycles. The number of H-pyrrole nitrogens is 1. The topological polar surface area (TPSA) is 28.7 Å². The molecule has 1 aromatic carbocycles. The van der Waals surface area contributed by atoms with E-state index in [4.69, 9.17) is 0 Å². The van der Waals surface area contributed by atoms with Crippen molar-refractivity contribution in [2.75, 3.05) is 0 Å². The van der Waals surface area contributed by atoms with Crippen LogP contribution in [-0.2, 0) is 0 Å². The van der Waals surface area contributed by atoms with E-state index in [-0.39, 0.29) is 0 Å². The Labute approximate surface area is 130 Å². The van der Waals surface area contributed by atoms with Crippen LogP contribution < -0.4 is 22.6 Å². The van der Waals surface area contributed by atoms with Crippen LogP contribution in [0.2, 0.25) is 0 Å². The number of halogens is 7. The average Bonchev–Trinajstić information content (AvgIpc) is 2.56. The molecule has 2 aromatic rings. The SMILES string of the molecule is Cc1n[nH]c(C)c1-c1ccc([IH+])cc1.F[P-](F)(F)(F)(F)F. The molecule has 0 bridgehead atoms. The van der Waals surface area contributed by atoms with E-state index in [1.54, 1.807) is 0 Å². The zero-order valence-corrected chi connectivity index (χ0v) is 14.1. The van der Waals surface area contributed by atoms with Crippen molar-refractivity contribution < 1.29 is 47.8 Å². The molecule has 0 spiro atoms. The molecule has 0 saturated carbocycles. The number of aryl methyl sites for hydroxylation is 2. The number of nitrogens with zero attached hydrogens (tertiary/aromatic N) is 1. The van der Waals surface area contributed by atoms with Crippen molar-refractivity contribution in [1.82, 2.24) is 10.2 Å². The van der Waals surface area contributed by atoms with Crippen molar-refractivity contribution in [3.05, 3.63) is 39.2 Å². The summed E-state index contributed by atoms with van der Waals surface area (Å²) in [5.41, 5.74) is 4.66. The van der Waals surface area contributed by atoms with Crippen LogP contribution in [-0.4, -0.2) is 10.2 Å². The first-order chi connectivity index (χ1) is 9.13. The van der Waals surface area contributed by atoms with Gasteiger partial charge in [-0.05, 0) is 43.7 Å². The number of hydrogen-bond donors (Lipinski definition) is 1. The first kappa shape index (κ1) is 18.2. The van der Waals surface area contributed by atoms with E-state index in [0.717, 1.165) is 11.4 Å². The fraction of sp³-hybridized carbons (Fsp3) is 0.182. The van der Waals surface area contributed by atoms with Crippen LogP contribution in [0.3, 0.4) is 0 Å². The molecule has 0 amide bonds. The van der Waals surface area contributed by atoms with Crippen molar-refractivity contribution in [2.45, 2.75) is 13.8 Å². The van der Waals surface area contributed by atoms with Crippen molar-refractivity contribution in [3.8, 4) is 11.1 Å². The Morgan fingerprint density at radius 2 is 1.38 bits per heavy atom. The predicted octanol–water partition coefficient (Wildman–Crippen LogP) is 2.53. The van der Waals surface area contributed by atoms with Gasteiger partial charge in [-0.2, -0.15) is 5.10 Å². The van der Waals surface area contributed by atoms with Gasteiger partial charge in [0.15, 0.2) is 3.57 Å². The molecule has 0 radical (unpaired) electrons. The molecule has 21 heavy (non-hydrogen) atoms. The van der Waals surface area contributed by atoms with Gasteiger partial charge in [0.2, 0.25) is 0 Å². The Balaban J connectivity index is 0.000000270. The van der Waals surface area contributed by atoms with Crippen LogP contribution in [0, 0.1) is 17.4 Å². The second-order valence-electron chi connectivity index (χ2n) is 4.29. The van der Waals surface area contributed by atoms with Gasteiger partial charge in [0, 0.05) is 11.3 Å². The molecule has 0 fully saturated rings. The Morgan fingerprint density at radius 1 is 0.952 bits per heavy atom. The van der Waals surface area contributed by atoms with Crippen molar-refractivity contribution in [3.63, 3.8) is 0 Å². The normalized spacial score (nSPS) is 14.7. The van der Waals surface area contributed by atoms with Gasteiger partial charge in [0.1, 0.15) is 0 Å². The van der Waals surface area contributed by atoms with Gasteiger partial charge in [-0.15, -0.1) is 0 Å². The van der Waals surface area contributed by atoms with Gasteiger partial charge in [0.05, 0.1) is 5.69 Å². The van der Waals surface area contributed by atoms with Crippen LogP contribution in [0.4, 0.5) is 25.2 Å². The van der Waals surface area contributed by atoms with Crippen molar-refractivity contribution in [1.29, 1.82) is 0 Å². The quantitative estimate of drug-likeness (QED) is 0.409. The van der Waals surface area contributed by atoms with Crippen molar-refractivity contribution >= 4 is 7.81 Å². The van der Waals surface area contributed by atoms with E-state index in [2.05, 4.69) is 41.4 Å². The first-order valence-electron chi connectivity index (χ1n) is 5.49. The fourth-order valence-electron chi connectivity index (χ4n) is 1.60. The second kappa shape index (κ2) is 5.12. The molecule has 0 saturated heterocycles. The monoisotopic (exact) mass is 444 g/mol. The number of aromatic amines is 1. The molecule has 2 rings (SSSR count). The molecular formula is C11H12F6IN2P. The van der Waals surface area contributed by atoms with Gasteiger partial charge >= 0.3 is 33.0 Å². The predicted molar refractivity (Wildman–Crippen MR) is 67.2 cm³/mol. The third-order valence-electron chi connectivity index (χ3n) is 2.27. The Kier molecular flexibility index (Phi) is 4.44. The number of aromatic nitrogens is 2. The van der Waals surface area contributed by atoms with Crippen LogP contribution in [0.25, 0.3) is 11.1 Å². The summed E-state index contributed by atoms with van der Waals surface area (Å²) in [4.78, 5) is 0. The molecule has 1 N–H and O–H groups in total. The molecule has 0 atom stereocenters. The zero-order chi connectivity index (χ0) is 16.5. The van der Waals surface area contributed by atoms with Gasteiger partial charge in [0.25, 0.3) is 22.6 Å². The van der Waals surface area contributed by atoms with Crippen LogP contribution >= 0.6 is 7.81 Å². The van der Waals surface area contributed by atoms with Gasteiger partial charge < -0.3 is 0 Å². The minimum absolute atomic E-state index is 1.06. The third-order valence-corrected chi connectivity index (χ3v) is 3.05. The molecule has 1 heterocycles. The van der Waals surface area contributed by atoms with E-state index < -0.39 is 7.81 Å². The molecule has 0 unspecified atom stereocenters. The summed E-state index contributed by atoms with van der Waals surface area (Å²) >= 11 is 2.03. The molecule has 120 valence electrons. The summed E-state index contributed by atoms with van der Waals surface area (Å²) in [5.74, 6) is 0. The molecular weight excluding hydrogens is 432 g/mol. The zero-order valence-electron chi connectivity index (χ0n) is 10.9. The summed E-state index contributed by atoms with van der Waals surface area (Å²) in [5, 5.41) is 7.19. The van der Waals surface area contributed by atoms with E-state index in [1.165, 1.54) is 14.7 Å². The van der Waals surface area contributed by atoms with Gasteiger partial charge in [-0.1, -0.05) is 0 Å². The van der Waals surface area contributed by atoms with Gasteiger partial charge in [-0.3, -0.25) is 5.10 Å². The maximum absolute atomic E-state index is 10.7. The summed E-state index contributed by atoms with van der Waals surface area (Å²) in [7, 11) is -10.7. The van der Waals surface area contributed by atoms with Gasteiger partial charge in [-0.25, -0.2) is 0 Å². The summed E-state index contributed by atoms with van der Waals surface area (Å²) in [6, 6.07) is 8.54. The average molecular weight is 444 g/mol. The number of benzene rings is 1. The number of rotatable bonds is 1. The number of hydrogen-bond acceptors (Lipinski definition) is 1. The maximum atomic E-state index is 9.87. The molecule has 0 aliphatic rings. The minimum atomic E-state index is -10.7. The second-order valence-corrected chi connectivity index (χ2v) is 7.55. The van der Waals surface area contributed by atoms with E-state index in [1.807, 2.05) is 29.5 Å². The van der Waals surface area contributed by atoms with Crippen molar-refractivity contribution in [2.24, 2.45) is 0 Å². The fourth-order valence-corrected chi connectivity index (χ4v) is 1.99. The summed E-state index contributed by atoms with van der Waals surface area (Å²) in [6.07, 6.45) is 0. The third kappa shape index (κ3) is 8.25. The van der Waals surface area contributed by atoms with E-state index >= 15 is 0 Å². The summed E-state index contributed by atoms with van der Waals surface area (Å²) < 4.78 is 60.5.